The Labute approximate surface area is 153 Å². The number of aromatic nitrogens is 1. The number of hydrogen-bond donors (Lipinski definition) is 2. The minimum atomic E-state index is -0.378. The number of thiazole rings is 1. The zero-order valence-corrected chi connectivity index (χ0v) is 15.4. The molecule has 2 heterocycles. The molecule has 2 amide bonds. The summed E-state index contributed by atoms with van der Waals surface area (Å²) in [6.45, 7) is 0. The number of halogens is 1. The molecule has 0 radical (unpaired) electrons. The van der Waals surface area contributed by atoms with E-state index in [4.69, 9.17) is 10.5 Å². The van der Waals surface area contributed by atoms with Crippen LogP contribution < -0.4 is 10.5 Å². The fraction of sp³-hybridized carbons (Fsp3) is 0.0714. The summed E-state index contributed by atoms with van der Waals surface area (Å²) in [7, 11) is 1.42. The molecule has 3 rings (SSSR count). The van der Waals surface area contributed by atoms with Crippen LogP contribution in [-0.2, 0) is 4.79 Å². The summed E-state index contributed by atoms with van der Waals surface area (Å²) in [6, 6.07) is 3.00. The molecule has 1 aliphatic heterocycles. The van der Waals surface area contributed by atoms with Crippen LogP contribution in [0.4, 0.5) is 9.93 Å². The maximum Gasteiger partial charge on any atom is 0.293 e. The normalized spacial score (nSPS) is 16.2. The first-order valence-corrected chi connectivity index (χ1v) is 8.91. The Kier molecular flexibility index (Phi) is 4.52. The standard InChI is InChI=1S/C14H10BrN3O4S2/c1-18-12(20)10(23-14(18)21)3-6-2-8(19)9(4-7(6)15)22-11-5-17-13(16)24-11/h2-5,19H,1H3,(H2,16,17)/b10-3-. The number of phenols is 1. The van der Waals surface area contributed by atoms with E-state index in [1.165, 1.54) is 25.4 Å². The molecule has 7 nitrogen and oxygen atoms in total. The number of rotatable bonds is 3. The fourth-order valence-electron chi connectivity index (χ4n) is 1.87. The molecule has 10 heteroatoms. The van der Waals surface area contributed by atoms with Gasteiger partial charge in [0.05, 0.1) is 11.1 Å². The number of carbonyl (C=O) groups excluding carboxylic acids is 2. The second-order valence-electron chi connectivity index (χ2n) is 4.70. The number of phenolic OH excluding ortho intramolecular Hbond substituents is 1. The van der Waals surface area contributed by atoms with Gasteiger partial charge in [0.25, 0.3) is 11.1 Å². The van der Waals surface area contributed by atoms with Crippen molar-refractivity contribution >= 4 is 61.4 Å². The van der Waals surface area contributed by atoms with Crippen LogP contribution in [0.15, 0.2) is 27.7 Å². The lowest BCUT2D eigenvalue weighted by Gasteiger charge is -2.08. The highest BCUT2D eigenvalue weighted by Crippen LogP contribution is 2.39. The molecule has 1 fully saturated rings. The highest BCUT2D eigenvalue weighted by atomic mass is 79.9. The van der Waals surface area contributed by atoms with Gasteiger partial charge in [-0.05, 0) is 35.5 Å². The maximum absolute atomic E-state index is 11.9. The lowest BCUT2D eigenvalue weighted by atomic mass is 10.2. The van der Waals surface area contributed by atoms with Crippen molar-refractivity contribution in [1.82, 2.24) is 9.88 Å². The number of amides is 2. The van der Waals surface area contributed by atoms with E-state index in [0.717, 1.165) is 28.0 Å². The van der Waals surface area contributed by atoms with E-state index in [2.05, 4.69) is 20.9 Å². The Morgan fingerprint density at radius 1 is 1.42 bits per heavy atom. The first-order valence-electron chi connectivity index (χ1n) is 6.48. The van der Waals surface area contributed by atoms with Crippen LogP contribution in [0.1, 0.15) is 5.56 Å². The van der Waals surface area contributed by atoms with E-state index in [1.807, 2.05) is 0 Å². The maximum atomic E-state index is 11.9. The number of aromatic hydroxyl groups is 1. The Balaban J connectivity index is 1.90. The Hall–Kier alpha value is -2.04. The number of nitrogens with zero attached hydrogens (tertiary/aromatic N) is 2. The number of anilines is 1. The van der Waals surface area contributed by atoms with Gasteiger partial charge >= 0.3 is 0 Å². The number of ether oxygens (including phenoxy) is 1. The number of carbonyl (C=O) groups is 2. The molecular formula is C14H10BrN3O4S2. The molecular weight excluding hydrogens is 418 g/mol. The van der Waals surface area contributed by atoms with Crippen LogP contribution >= 0.6 is 39.0 Å². The van der Waals surface area contributed by atoms with E-state index in [-0.39, 0.29) is 27.6 Å². The molecule has 124 valence electrons. The van der Waals surface area contributed by atoms with Crippen LogP contribution in [0, 0.1) is 0 Å². The number of imide groups is 1. The molecule has 3 N–H and O–H groups in total. The summed E-state index contributed by atoms with van der Waals surface area (Å²) < 4.78 is 6.13. The van der Waals surface area contributed by atoms with Crippen molar-refractivity contribution in [2.75, 3.05) is 12.8 Å². The summed E-state index contributed by atoms with van der Waals surface area (Å²) >= 11 is 5.35. The highest BCUT2D eigenvalue weighted by molar-refractivity contribution is 9.10. The molecule has 1 aliphatic rings. The van der Waals surface area contributed by atoms with Crippen molar-refractivity contribution in [1.29, 1.82) is 0 Å². The second-order valence-corrected chi connectivity index (χ2v) is 7.57. The highest BCUT2D eigenvalue weighted by Gasteiger charge is 2.32. The molecule has 2 aromatic rings. The molecule has 0 bridgehead atoms. The Morgan fingerprint density at radius 2 is 2.17 bits per heavy atom. The number of nitrogen functional groups attached to an aromatic ring is 1. The average Bonchev–Trinajstić information content (AvgIpc) is 3.03. The van der Waals surface area contributed by atoms with Crippen LogP contribution in [-0.4, -0.2) is 33.2 Å². The first kappa shape index (κ1) is 16.8. The van der Waals surface area contributed by atoms with E-state index in [1.54, 1.807) is 6.07 Å². The summed E-state index contributed by atoms with van der Waals surface area (Å²) in [4.78, 5) is 28.6. The van der Waals surface area contributed by atoms with Crippen molar-refractivity contribution in [3.63, 3.8) is 0 Å². The van der Waals surface area contributed by atoms with Crippen LogP contribution in [0.5, 0.6) is 16.6 Å². The third kappa shape index (κ3) is 3.25. The van der Waals surface area contributed by atoms with Crippen molar-refractivity contribution in [2.45, 2.75) is 0 Å². The monoisotopic (exact) mass is 427 g/mol. The van der Waals surface area contributed by atoms with E-state index >= 15 is 0 Å². The predicted molar refractivity (Wildman–Crippen MR) is 96.1 cm³/mol. The van der Waals surface area contributed by atoms with Gasteiger partial charge in [-0.2, -0.15) is 0 Å². The summed E-state index contributed by atoms with van der Waals surface area (Å²) in [5, 5.41) is 10.6. The number of thioether (sulfide) groups is 1. The number of likely N-dealkylation sites (N-methyl/N-ethyl adjacent to an activating group) is 1. The van der Waals surface area contributed by atoms with Gasteiger partial charge < -0.3 is 15.6 Å². The molecule has 0 spiro atoms. The first-order chi connectivity index (χ1) is 11.3. The predicted octanol–water partition coefficient (Wildman–Crippen LogP) is 3.65. The molecule has 0 aliphatic carbocycles. The quantitative estimate of drug-likeness (QED) is 0.719. The van der Waals surface area contributed by atoms with Gasteiger partial charge in [-0.25, -0.2) is 4.98 Å². The molecule has 1 aromatic heterocycles. The number of benzene rings is 1. The third-order valence-electron chi connectivity index (χ3n) is 3.06. The SMILES string of the molecule is CN1C(=O)S/C(=C\c2cc(O)c(Oc3cnc(N)s3)cc2Br)C1=O. The van der Waals surface area contributed by atoms with Gasteiger partial charge in [-0.15, -0.1) is 0 Å². The smallest absolute Gasteiger partial charge is 0.293 e. The van der Waals surface area contributed by atoms with Crippen molar-refractivity contribution in [2.24, 2.45) is 0 Å². The molecule has 1 aromatic carbocycles. The summed E-state index contributed by atoms with van der Waals surface area (Å²) in [5.41, 5.74) is 6.08. The average molecular weight is 428 g/mol. The van der Waals surface area contributed by atoms with E-state index < -0.39 is 0 Å². The molecule has 1 saturated heterocycles. The summed E-state index contributed by atoms with van der Waals surface area (Å²) in [5.74, 6) is -0.282. The van der Waals surface area contributed by atoms with Gasteiger partial charge in [0.15, 0.2) is 16.6 Å². The molecule has 0 unspecified atom stereocenters. The Morgan fingerprint density at radius 3 is 2.75 bits per heavy atom. The number of nitrogens with two attached hydrogens (primary N) is 1. The van der Waals surface area contributed by atoms with Crippen LogP contribution in [0.2, 0.25) is 0 Å². The van der Waals surface area contributed by atoms with Crippen molar-refractivity contribution in [3.05, 3.63) is 33.3 Å². The third-order valence-corrected chi connectivity index (χ3v) is 5.42. The number of hydrogen-bond acceptors (Lipinski definition) is 8. The molecule has 24 heavy (non-hydrogen) atoms. The lowest BCUT2D eigenvalue weighted by Crippen LogP contribution is -2.22. The van der Waals surface area contributed by atoms with E-state index in [0.29, 0.717) is 20.2 Å². The van der Waals surface area contributed by atoms with Gasteiger partial charge in [-0.1, -0.05) is 27.3 Å². The van der Waals surface area contributed by atoms with Crippen LogP contribution in [0.25, 0.3) is 6.08 Å². The van der Waals surface area contributed by atoms with Gasteiger partial charge in [0.2, 0.25) is 5.06 Å². The largest absolute Gasteiger partial charge is 0.504 e. The zero-order chi connectivity index (χ0) is 17.4. The molecule has 0 saturated carbocycles. The Bertz CT molecular complexity index is 881. The van der Waals surface area contributed by atoms with Crippen molar-refractivity contribution in [3.8, 4) is 16.6 Å². The van der Waals surface area contributed by atoms with Crippen LogP contribution in [0.3, 0.4) is 0 Å². The minimum absolute atomic E-state index is 0.118. The van der Waals surface area contributed by atoms with Crippen molar-refractivity contribution < 1.29 is 19.4 Å². The van der Waals surface area contributed by atoms with E-state index in [9.17, 15) is 14.7 Å². The zero-order valence-electron chi connectivity index (χ0n) is 12.1. The van der Waals surface area contributed by atoms with Gasteiger partial charge in [0.1, 0.15) is 0 Å². The fourth-order valence-corrected chi connectivity index (χ4v) is 3.67. The second kappa shape index (κ2) is 6.46. The minimum Gasteiger partial charge on any atom is -0.504 e. The topological polar surface area (TPSA) is 106 Å². The van der Waals surface area contributed by atoms with Gasteiger partial charge in [0, 0.05) is 11.5 Å². The molecule has 0 atom stereocenters. The van der Waals surface area contributed by atoms with Gasteiger partial charge in [-0.3, -0.25) is 14.5 Å². The summed E-state index contributed by atoms with van der Waals surface area (Å²) in [6.07, 6.45) is 2.99. The lowest BCUT2D eigenvalue weighted by molar-refractivity contribution is -0.121.